The normalized spacial score (nSPS) is 20.6. The van der Waals surface area contributed by atoms with Gasteiger partial charge >= 0.3 is 16.4 Å². The first-order valence-electron chi connectivity index (χ1n) is 24.6. The van der Waals surface area contributed by atoms with Gasteiger partial charge in [-0.1, -0.05) is 166 Å². The van der Waals surface area contributed by atoms with Crippen LogP contribution in [0.3, 0.4) is 0 Å². The summed E-state index contributed by atoms with van der Waals surface area (Å²) in [6.07, 6.45) is 57.5. The van der Waals surface area contributed by atoms with E-state index in [9.17, 15) is 33.1 Å². The Hall–Kier alpha value is -4.02. The van der Waals surface area contributed by atoms with Crippen molar-refractivity contribution in [3.63, 3.8) is 0 Å². The highest BCUT2D eigenvalue weighted by Gasteiger charge is 2.48. The van der Waals surface area contributed by atoms with Crippen LogP contribution in [0.15, 0.2) is 146 Å². The molecule has 1 rings (SSSR count). The van der Waals surface area contributed by atoms with Crippen molar-refractivity contribution in [2.24, 2.45) is 0 Å². The molecular weight excluding hydrogens is 885 g/mol. The van der Waals surface area contributed by atoms with E-state index in [1.165, 1.54) is 0 Å². The summed E-state index contributed by atoms with van der Waals surface area (Å²) in [4.78, 5) is 12.9. The summed E-state index contributed by atoms with van der Waals surface area (Å²) in [6.45, 7) is 3.55. The van der Waals surface area contributed by atoms with E-state index >= 15 is 0 Å². The number of ether oxygens (including phenoxy) is 4. The molecule has 13 heteroatoms. The fraction of sp³-hybridized carbons (Fsp3) is 0.545. The van der Waals surface area contributed by atoms with E-state index < -0.39 is 59.8 Å². The molecule has 6 atom stereocenters. The molecule has 1 saturated heterocycles. The van der Waals surface area contributed by atoms with E-state index in [1.807, 2.05) is 12.2 Å². The number of carbonyl (C=O) groups excluding carboxylic acids is 1. The number of esters is 1. The molecule has 0 spiro atoms. The van der Waals surface area contributed by atoms with Crippen molar-refractivity contribution in [2.75, 3.05) is 26.4 Å². The van der Waals surface area contributed by atoms with Crippen LogP contribution in [0.4, 0.5) is 0 Å². The van der Waals surface area contributed by atoms with Crippen LogP contribution < -0.4 is 0 Å². The van der Waals surface area contributed by atoms with Crippen molar-refractivity contribution in [1.29, 1.82) is 0 Å². The van der Waals surface area contributed by atoms with Crippen LogP contribution >= 0.6 is 0 Å². The molecule has 1 fully saturated rings. The van der Waals surface area contributed by atoms with Gasteiger partial charge in [0.2, 0.25) is 0 Å². The lowest BCUT2D eigenvalue weighted by Gasteiger charge is -2.41. The van der Waals surface area contributed by atoms with Gasteiger partial charge < -0.3 is 34.3 Å². The Morgan fingerprint density at radius 1 is 0.559 bits per heavy atom. The molecule has 0 bridgehead atoms. The van der Waals surface area contributed by atoms with E-state index in [4.69, 9.17) is 18.9 Å². The zero-order chi connectivity index (χ0) is 49.6. The molecule has 0 aliphatic carbocycles. The van der Waals surface area contributed by atoms with Gasteiger partial charge in [0.1, 0.15) is 30.5 Å². The van der Waals surface area contributed by atoms with Crippen LogP contribution in [0.25, 0.3) is 0 Å². The maximum Gasteiger partial charge on any atom is 0.397 e. The number of aliphatic hydroxyl groups is 3. The molecule has 0 aromatic rings. The van der Waals surface area contributed by atoms with Gasteiger partial charge in [0, 0.05) is 13.0 Å². The molecule has 0 radical (unpaired) electrons. The SMILES string of the molecule is CC/C=C\C/C=C\C/C=C\C/C=C\C/C=C\C/C=C\CCCCCOCC(COC1OC(CO)C(O)C(OS(=O)(=O)O)C1O)OC(=O)CC/C=C\C/C=C\C/C=C\C/C=C\C/C=C\C/C=C\CC. The van der Waals surface area contributed by atoms with Crippen LogP contribution in [-0.4, -0.2) is 97.5 Å². The fourth-order valence-electron chi connectivity index (χ4n) is 6.35. The number of hydrogen-bond acceptors (Lipinski definition) is 11. The van der Waals surface area contributed by atoms with Crippen LogP contribution in [0.5, 0.6) is 0 Å². The summed E-state index contributed by atoms with van der Waals surface area (Å²) in [5, 5.41) is 30.7. The largest absolute Gasteiger partial charge is 0.457 e. The first-order valence-corrected chi connectivity index (χ1v) is 26.0. The Bertz CT molecular complexity index is 1730. The molecule has 0 amide bonds. The number of carbonyl (C=O) groups is 1. The van der Waals surface area contributed by atoms with Crippen molar-refractivity contribution in [3.05, 3.63) is 146 Å². The zero-order valence-corrected chi connectivity index (χ0v) is 41.7. The fourth-order valence-corrected chi connectivity index (χ4v) is 6.85. The van der Waals surface area contributed by atoms with Crippen LogP contribution in [0.1, 0.15) is 129 Å². The van der Waals surface area contributed by atoms with Gasteiger partial charge in [0.15, 0.2) is 6.29 Å². The van der Waals surface area contributed by atoms with E-state index in [0.29, 0.717) is 13.0 Å². The Labute approximate surface area is 409 Å². The van der Waals surface area contributed by atoms with Gasteiger partial charge in [0.05, 0.1) is 19.8 Å². The average molecular weight is 969 g/mol. The molecular formula is C55H84O12S. The highest BCUT2D eigenvalue weighted by Crippen LogP contribution is 2.26. The lowest BCUT2D eigenvalue weighted by molar-refractivity contribution is -0.301. The smallest absolute Gasteiger partial charge is 0.397 e. The van der Waals surface area contributed by atoms with Crippen molar-refractivity contribution in [3.8, 4) is 0 Å². The molecule has 12 nitrogen and oxygen atoms in total. The van der Waals surface area contributed by atoms with Crippen molar-refractivity contribution < 1.29 is 56.2 Å². The highest BCUT2D eigenvalue weighted by atomic mass is 32.3. The van der Waals surface area contributed by atoms with Gasteiger partial charge in [-0.2, -0.15) is 8.42 Å². The molecule has 1 aliphatic rings. The minimum absolute atomic E-state index is 0.0291. The molecule has 6 unspecified atom stereocenters. The number of rotatable bonds is 40. The summed E-state index contributed by atoms with van der Waals surface area (Å²) >= 11 is 0. The minimum Gasteiger partial charge on any atom is -0.457 e. The lowest BCUT2D eigenvalue weighted by atomic mass is 9.99. The summed E-state index contributed by atoms with van der Waals surface area (Å²) in [5.74, 6) is -0.501. The Morgan fingerprint density at radius 3 is 1.38 bits per heavy atom. The topological polar surface area (TPSA) is 178 Å². The average Bonchev–Trinajstić information content (AvgIpc) is 3.31. The Morgan fingerprint density at radius 2 is 0.971 bits per heavy atom. The third-order valence-corrected chi connectivity index (χ3v) is 10.4. The monoisotopic (exact) mass is 969 g/mol. The van der Waals surface area contributed by atoms with Crippen LogP contribution in [0.2, 0.25) is 0 Å². The predicted molar refractivity (Wildman–Crippen MR) is 275 cm³/mol. The lowest BCUT2D eigenvalue weighted by Crippen LogP contribution is -2.60. The first-order chi connectivity index (χ1) is 33.1. The third-order valence-electron chi connectivity index (χ3n) is 9.97. The van der Waals surface area contributed by atoms with Crippen molar-refractivity contribution >= 4 is 16.4 Å². The van der Waals surface area contributed by atoms with Crippen molar-refractivity contribution in [1.82, 2.24) is 0 Å². The Kier molecular flexibility index (Phi) is 40.3. The number of unbranched alkanes of at least 4 members (excludes halogenated alkanes) is 3. The molecule has 68 heavy (non-hydrogen) atoms. The van der Waals surface area contributed by atoms with Gasteiger partial charge in [0.25, 0.3) is 0 Å². The summed E-state index contributed by atoms with van der Waals surface area (Å²) in [5.41, 5.74) is 0. The summed E-state index contributed by atoms with van der Waals surface area (Å²) in [7, 11) is -5.09. The second-order valence-corrected chi connectivity index (χ2v) is 17.0. The van der Waals surface area contributed by atoms with Crippen molar-refractivity contribution in [2.45, 2.75) is 166 Å². The van der Waals surface area contributed by atoms with Crippen LogP contribution in [-0.2, 0) is 38.3 Å². The minimum atomic E-state index is -5.09. The maximum absolute atomic E-state index is 12.9. The van der Waals surface area contributed by atoms with Gasteiger partial charge in [-0.25, -0.2) is 4.18 Å². The van der Waals surface area contributed by atoms with E-state index in [0.717, 1.165) is 103 Å². The van der Waals surface area contributed by atoms with E-state index in [1.54, 1.807) is 0 Å². The van der Waals surface area contributed by atoms with Gasteiger partial charge in [-0.15, -0.1) is 0 Å². The molecule has 0 aromatic carbocycles. The molecule has 1 heterocycles. The summed E-state index contributed by atoms with van der Waals surface area (Å²) < 4.78 is 59.1. The molecule has 0 aromatic heterocycles. The number of allylic oxidation sites excluding steroid dienone is 24. The zero-order valence-electron chi connectivity index (χ0n) is 40.8. The molecule has 382 valence electrons. The standard InChI is InChI=1S/C55H84O12S/c1-3-5-7-9-11-13-15-17-19-21-23-24-25-27-29-31-33-35-37-39-41-43-45-63-47-49(48-64-55-53(59)54(67-68(60,61)62)52(58)50(46-56)66-55)65-51(57)44-42-40-38-36-34-32-30-28-26-22-20-18-16-14-12-10-8-6-4-2/h5-8,11-14,17-20,23-24,26-29,32-35,38,40,49-50,52-56,58-59H,3-4,9-10,15-16,21-22,25,30-31,36-37,39,41-48H2,1-2H3,(H,60,61,62)/b7-5-,8-6-,13-11-,14-12-,19-17-,20-18-,24-23-,28-26-,29-27-,34-32-,35-33-,40-38-. The quantitative estimate of drug-likeness (QED) is 0.0198. The second-order valence-electron chi connectivity index (χ2n) is 15.9. The number of hydrogen-bond donors (Lipinski definition) is 4. The molecule has 0 saturated carbocycles. The summed E-state index contributed by atoms with van der Waals surface area (Å²) in [6, 6.07) is 0. The van der Waals surface area contributed by atoms with Gasteiger partial charge in [-0.3, -0.25) is 9.35 Å². The van der Waals surface area contributed by atoms with Crippen LogP contribution in [0, 0.1) is 0 Å². The third kappa shape index (κ3) is 36.9. The Balaban J connectivity index is 2.49. The maximum atomic E-state index is 12.9. The molecule has 1 aliphatic heterocycles. The second kappa shape index (κ2) is 44.2. The predicted octanol–water partition coefficient (Wildman–Crippen LogP) is 11.3. The highest BCUT2D eigenvalue weighted by molar-refractivity contribution is 7.80. The van der Waals surface area contributed by atoms with Gasteiger partial charge in [-0.05, 0) is 103 Å². The van der Waals surface area contributed by atoms with E-state index in [2.05, 4.69) is 152 Å². The first kappa shape index (κ1) is 62.0. The number of aliphatic hydroxyl groups excluding tert-OH is 3. The molecule has 4 N–H and O–H groups in total. The van der Waals surface area contributed by atoms with E-state index in [-0.39, 0.29) is 19.6 Å².